The van der Waals surface area contributed by atoms with Gasteiger partial charge >= 0.3 is 0 Å². The Balaban J connectivity index is 2.36. The minimum atomic E-state index is -1.07. The molecule has 0 aromatic carbocycles. The first kappa shape index (κ1) is 12.3. The van der Waals surface area contributed by atoms with Gasteiger partial charge in [0.25, 0.3) is 0 Å². The minimum absolute atomic E-state index is 0.0461. The molecular formula is C9H19N3O2Si. The minimum Gasteiger partial charge on any atom is -0.393 e. The van der Waals surface area contributed by atoms with E-state index in [2.05, 4.69) is 35.1 Å². The van der Waals surface area contributed by atoms with Crippen LogP contribution in [0.4, 0.5) is 0 Å². The third-order valence-corrected chi connectivity index (χ3v) is 3.82. The number of H-pyrrole nitrogens is 1. The van der Waals surface area contributed by atoms with Gasteiger partial charge in [-0.25, -0.2) is 0 Å². The topological polar surface area (TPSA) is 71.0 Å². The van der Waals surface area contributed by atoms with Crippen LogP contribution in [0.5, 0.6) is 0 Å². The van der Waals surface area contributed by atoms with Crippen LogP contribution in [0, 0.1) is 0 Å². The summed E-state index contributed by atoms with van der Waals surface area (Å²) >= 11 is 0. The quantitative estimate of drug-likeness (QED) is 0.719. The molecule has 15 heavy (non-hydrogen) atoms. The third kappa shape index (κ3) is 4.54. The van der Waals surface area contributed by atoms with E-state index < -0.39 is 8.07 Å². The number of hydrogen-bond donors (Lipinski definition) is 2. The molecule has 86 valence electrons. The van der Waals surface area contributed by atoms with Gasteiger partial charge in [0.1, 0.15) is 6.10 Å². The van der Waals surface area contributed by atoms with E-state index in [1.54, 1.807) is 6.20 Å². The summed E-state index contributed by atoms with van der Waals surface area (Å²) < 4.78 is 5.59. The lowest BCUT2D eigenvalue weighted by atomic mass is 10.3. The Hall–Kier alpha value is -0.723. The van der Waals surface area contributed by atoms with Gasteiger partial charge in [-0.15, -0.1) is 5.10 Å². The van der Waals surface area contributed by atoms with Crippen molar-refractivity contribution in [2.24, 2.45) is 0 Å². The fourth-order valence-corrected chi connectivity index (χ4v) is 1.84. The first-order chi connectivity index (χ1) is 7.03. The van der Waals surface area contributed by atoms with Gasteiger partial charge in [-0.2, -0.15) is 0 Å². The normalized spacial score (nSPS) is 14.1. The number of nitrogens with one attached hydrogen (secondary N) is 1. The Kier molecular flexibility index (Phi) is 4.43. The zero-order chi connectivity index (χ0) is 11.3. The highest BCUT2D eigenvalue weighted by Gasteiger charge is 2.16. The van der Waals surface area contributed by atoms with Crippen LogP contribution in [-0.2, 0) is 4.74 Å². The van der Waals surface area contributed by atoms with Gasteiger partial charge in [0, 0.05) is 14.7 Å². The predicted octanol–water partition coefficient (Wildman–Crippen LogP) is 1.19. The van der Waals surface area contributed by atoms with E-state index in [1.807, 2.05) is 0 Å². The first-order valence-electron chi connectivity index (χ1n) is 5.11. The van der Waals surface area contributed by atoms with Crippen molar-refractivity contribution in [3.63, 3.8) is 0 Å². The van der Waals surface area contributed by atoms with Gasteiger partial charge in [-0.1, -0.05) is 24.9 Å². The molecule has 0 aliphatic carbocycles. The second-order valence-corrected chi connectivity index (χ2v) is 10.4. The van der Waals surface area contributed by atoms with E-state index in [1.165, 1.54) is 0 Å². The number of rotatable bonds is 6. The summed E-state index contributed by atoms with van der Waals surface area (Å²) in [7, 11) is -1.07. The Morgan fingerprint density at radius 2 is 2.27 bits per heavy atom. The second kappa shape index (κ2) is 5.39. The van der Waals surface area contributed by atoms with Crippen molar-refractivity contribution in [3.8, 4) is 0 Å². The summed E-state index contributed by atoms with van der Waals surface area (Å²) in [6, 6.07) is 1.09. The van der Waals surface area contributed by atoms with Crippen LogP contribution in [-0.4, -0.2) is 41.8 Å². The highest BCUT2D eigenvalue weighted by molar-refractivity contribution is 6.76. The van der Waals surface area contributed by atoms with Crippen LogP contribution in [0.1, 0.15) is 11.8 Å². The molecule has 0 saturated carbocycles. The maximum Gasteiger partial charge on any atom is 0.123 e. The van der Waals surface area contributed by atoms with Crippen LogP contribution >= 0.6 is 0 Å². The molecule has 0 aliphatic rings. The Labute approximate surface area is 90.9 Å². The van der Waals surface area contributed by atoms with E-state index in [9.17, 15) is 0 Å². The Morgan fingerprint density at radius 3 is 2.73 bits per heavy atom. The molecule has 0 aliphatic heterocycles. The van der Waals surface area contributed by atoms with Crippen molar-refractivity contribution >= 4 is 8.07 Å². The molecule has 1 atom stereocenters. The van der Waals surface area contributed by atoms with Crippen LogP contribution in [0.25, 0.3) is 0 Å². The van der Waals surface area contributed by atoms with Crippen LogP contribution in [0.3, 0.4) is 0 Å². The van der Waals surface area contributed by atoms with Crippen molar-refractivity contribution < 1.29 is 9.84 Å². The molecule has 0 spiro atoms. The summed E-state index contributed by atoms with van der Waals surface area (Å²) in [5, 5.41) is 19.1. The second-order valence-electron chi connectivity index (χ2n) is 4.76. The first-order valence-corrected chi connectivity index (χ1v) is 8.82. The van der Waals surface area contributed by atoms with Gasteiger partial charge in [-0.05, 0) is 6.04 Å². The molecule has 0 amide bonds. The van der Waals surface area contributed by atoms with Gasteiger partial charge < -0.3 is 9.84 Å². The lowest BCUT2D eigenvalue weighted by molar-refractivity contribution is 0.0159. The molecule has 0 fully saturated rings. The lowest BCUT2D eigenvalue weighted by Gasteiger charge is -2.18. The number of aromatic nitrogens is 3. The number of ether oxygens (including phenoxy) is 1. The van der Waals surface area contributed by atoms with Gasteiger partial charge in [0.05, 0.1) is 18.5 Å². The lowest BCUT2D eigenvalue weighted by Crippen LogP contribution is -2.23. The predicted molar refractivity (Wildman–Crippen MR) is 60.3 cm³/mol. The summed E-state index contributed by atoms with van der Waals surface area (Å²) in [5.74, 6) is 0. The summed E-state index contributed by atoms with van der Waals surface area (Å²) in [4.78, 5) is 0. The molecular weight excluding hydrogens is 210 g/mol. The zero-order valence-corrected chi connectivity index (χ0v) is 10.5. The molecule has 6 heteroatoms. The summed E-state index contributed by atoms with van der Waals surface area (Å²) in [5.41, 5.74) is 0.730. The fraction of sp³-hybridized carbons (Fsp3) is 0.778. The van der Waals surface area contributed by atoms with Crippen LogP contribution < -0.4 is 0 Å². The molecule has 2 N–H and O–H groups in total. The van der Waals surface area contributed by atoms with E-state index in [0.29, 0.717) is 6.61 Å². The number of aliphatic hydroxyl groups is 1. The third-order valence-electron chi connectivity index (χ3n) is 2.12. The molecule has 1 heterocycles. The van der Waals surface area contributed by atoms with E-state index in [4.69, 9.17) is 9.84 Å². The van der Waals surface area contributed by atoms with Crippen molar-refractivity contribution in [2.75, 3.05) is 13.2 Å². The number of hydrogen-bond acceptors (Lipinski definition) is 4. The van der Waals surface area contributed by atoms with Crippen molar-refractivity contribution in [1.82, 2.24) is 15.4 Å². The summed E-state index contributed by atoms with van der Waals surface area (Å²) in [6.07, 6.45) is 1.26. The van der Waals surface area contributed by atoms with Crippen LogP contribution in [0.15, 0.2) is 6.20 Å². The van der Waals surface area contributed by atoms with Crippen molar-refractivity contribution in [1.29, 1.82) is 0 Å². The largest absolute Gasteiger partial charge is 0.393 e. The average Bonchev–Trinajstić information content (AvgIpc) is 2.63. The number of aliphatic hydroxyl groups excluding tert-OH is 1. The molecule has 1 rings (SSSR count). The number of aromatic amines is 1. The smallest absolute Gasteiger partial charge is 0.123 e. The van der Waals surface area contributed by atoms with E-state index in [0.717, 1.165) is 11.7 Å². The average molecular weight is 229 g/mol. The monoisotopic (exact) mass is 229 g/mol. The Bertz CT molecular complexity index is 271. The molecule has 0 radical (unpaired) electrons. The molecule has 0 saturated heterocycles. The SMILES string of the molecule is C[Si](C)(C)CCOC(CO)c1cnn[nH]1. The maximum atomic E-state index is 9.14. The summed E-state index contributed by atoms with van der Waals surface area (Å²) in [6.45, 7) is 7.52. The highest BCUT2D eigenvalue weighted by Crippen LogP contribution is 2.15. The van der Waals surface area contributed by atoms with E-state index >= 15 is 0 Å². The molecule has 0 bridgehead atoms. The van der Waals surface area contributed by atoms with Crippen molar-refractivity contribution in [2.45, 2.75) is 31.8 Å². The van der Waals surface area contributed by atoms with Gasteiger partial charge in [0.2, 0.25) is 0 Å². The molecule has 5 nitrogen and oxygen atoms in total. The van der Waals surface area contributed by atoms with Crippen molar-refractivity contribution in [3.05, 3.63) is 11.9 Å². The molecule has 1 aromatic heterocycles. The fourth-order valence-electron chi connectivity index (χ4n) is 1.11. The molecule has 1 aromatic rings. The zero-order valence-electron chi connectivity index (χ0n) is 9.53. The van der Waals surface area contributed by atoms with Crippen LogP contribution in [0.2, 0.25) is 25.7 Å². The maximum absolute atomic E-state index is 9.14. The van der Waals surface area contributed by atoms with E-state index in [-0.39, 0.29) is 12.7 Å². The van der Waals surface area contributed by atoms with Gasteiger partial charge in [-0.3, -0.25) is 5.10 Å². The molecule has 1 unspecified atom stereocenters. The van der Waals surface area contributed by atoms with Gasteiger partial charge in [0.15, 0.2) is 0 Å². The standard InChI is InChI=1S/C9H19N3O2Si/c1-15(2,3)5-4-14-9(7-13)8-6-10-12-11-8/h6,9,13H,4-5,7H2,1-3H3,(H,10,11,12). The number of nitrogens with zero attached hydrogens (tertiary/aromatic N) is 2. The Morgan fingerprint density at radius 1 is 1.53 bits per heavy atom. The highest BCUT2D eigenvalue weighted by atomic mass is 28.3.